The number of nitro benzene ring substituents is 1. The van der Waals surface area contributed by atoms with Gasteiger partial charge in [0.25, 0.3) is 5.69 Å². The molecule has 6 heteroatoms. The fourth-order valence-corrected chi connectivity index (χ4v) is 2.72. The second kappa shape index (κ2) is 5.05. The number of nitrogens with zero attached hydrogens (tertiary/aromatic N) is 3. The highest BCUT2D eigenvalue weighted by Gasteiger charge is 2.21. The van der Waals surface area contributed by atoms with E-state index < -0.39 is 4.92 Å². The molecule has 1 aliphatic carbocycles. The van der Waals surface area contributed by atoms with Crippen LogP contribution in [0.25, 0.3) is 5.69 Å². The minimum Gasteiger partial charge on any atom is -0.324 e. The maximum Gasteiger partial charge on any atom is 0.271 e. The lowest BCUT2D eigenvalue weighted by Crippen LogP contribution is -2.10. The molecule has 104 valence electrons. The number of fused-ring (bicyclic) bond motifs is 1. The number of nitrogens with two attached hydrogens (primary N) is 1. The van der Waals surface area contributed by atoms with E-state index in [0.29, 0.717) is 0 Å². The summed E-state index contributed by atoms with van der Waals surface area (Å²) in [6, 6.07) is 6.55. The van der Waals surface area contributed by atoms with Gasteiger partial charge in [-0.05, 0) is 25.3 Å². The number of hydrogen-bond acceptors (Lipinski definition) is 4. The molecule has 3 rings (SSSR count). The Kier molecular flexibility index (Phi) is 3.23. The van der Waals surface area contributed by atoms with E-state index in [2.05, 4.69) is 5.10 Å². The van der Waals surface area contributed by atoms with Crippen molar-refractivity contribution in [3.05, 3.63) is 51.8 Å². The van der Waals surface area contributed by atoms with Crippen LogP contribution in [-0.4, -0.2) is 14.7 Å². The predicted octanol–water partition coefficient (Wildman–Crippen LogP) is 2.51. The SMILES string of the molecule is NC1CCCCc2c1cnn2-c1cccc([N+](=O)[O-])c1. The summed E-state index contributed by atoms with van der Waals surface area (Å²) in [7, 11) is 0. The quantitative estimate of drug-likeness (QED) is 0.517. The summed E-state index contributed by atoms with van der Waals surface area (Å²) in [6.07, 6.45) is 5.84. The van der Waals surface area contributed by atoms with Crippen LogP contribution >= 0.6 is 0 Å². The van der Waals surface area contributed by atoms with Crippen LogP contribution in [0.5, 0.6) is 0 Å². The molecule has 0 amide bonds. The van der Waals surface area contributed by atoms with Crippen LogP contribution in [-0.2, 0) is 6.42 Å². The molecule has 1 atom stereocenters. The molecule has 0 spiro atoms. The van der Waals surface area contributed by atoms with Gasteiger partial charge >= 0.3 is 0 Å². The van der Waals surface area contributed by atoms with Crippen LogP contribution in [0.3, 0.4) is 0 Å². The lowest BCUT2D eigenvalue weighted by Gasteiger charge is -2.09. The molecule has 0 saturated heterocycles. The minimum absolute atomic E-state index is 0.0138. The molecule has 1 aromatic heterocycles. The molecule has 0 bridgehead atoms. The molecule has 0 saturated carbocycles. The Balaban J connectivity index is 2.07. The van der Waals surface area contributed by atoms with Crippen LogP contribution in [0.15, 0.2) is 30.5 Å². The van der Waals surface area contributed by atoms with Crippen molar-refractivity contribution >= 4 is 5.69 Å². The molecule has 0 fully saturated rings. The summed E-state index contributed by atoms with van der Waals surface area (Å²) in [4.78, 5) is 10.5. The summed E-state index contributed by atoms with van der Waals surface area (Å²) >= 11 is 0. The van der Waals surface area contributed by atoms with E-state index in [1.54, 1.807) is 23.0 Å². The van der Waals surface area contributed by atoms with Crippen LogP contribution in [0.1, 0.15) is 36.6 Å². The molecule has 1 aliphatic rings. The van der Waals surface area contributed by atoms with E-state index in [-0.39, 0.29) is 11.7 Å². The molecular weight excluding hydrogens is 256 g/mol. The van der Waals surface area contributed by atoms with E-state index in [4.69, 9.17) is 5.73 Å². The normalized spacial score (nSPS) is 18.4. The highest BCUT2D eigenvalue weighted by molar-refractivity contribution is 5.44. The highest BCUT2D eigenvalue weighted by atomic mass is 16.6. The summed E-state index contributed by atoms with van der Waals surface area (Å²) in [5, 5.41) is 15.2. The Labute approximate surface area is 116 Å². The third-order valence-corrected chi connectivity index (χ3v) is 3.76. The molecule has 2 aromatic rings. The predicted molar refractivity (Wildman–Crippen MR) is 74.7 cm³/mol. The third-order valence-electron chi connectivity index (χ3n) is 3.76. The number of aromatic nitrogens is 2. The molecule has 0 radical (unpaired) electrons. The van der Waals surface area contributed by atoms with Crippen LogP contribution in [0.4, 0.5) is 5.69 Å². The van der Waals surface area contributed by atoms with Gasteiger partial charge in [0.05, 0.1) is 16.8 Å². The minimum atomic E-state index is -0.391. The first-order chi connectivity index (χ1) is 9.66. The number of nitro groups is 1. The summed E-state index contributed by atoms with van der Waals surface area (Å²) in [6.45, 7) is 0. The van der Waals surface area contributed by atoms with Crippen molar-refractivity contribution in [3.63, 3.8) is 0 Å². The van der Waals surface area contributed by atoms with Crippen molar-refractivity contribution in [3.8, 4) is 5.69 Å². The van der Waals surface area contributed by atoms with E-state index in [0.717, 1.165) is 42.6 Å². The fraction of sp³-hybridized carbons (Fsp3) is 0.357. The highest BCUT2D eigenvalue weighted by Crippen LogP contribution is 2.29. The first kappa shape index (κ1) is 12.8. The summed E-state index contributed by atoms with van der Waals surface area (Å²) in [5.74, 6) is 0. The van der Waals surface area contributed by atoms with Gasteiger partial charge in [0.15, 0.2) is 0 Å². The second-order valence-electron chi connectivity index (χ2n) is 5.09. The number of rotatable bonds is 2. The maximum absolute atomic E-state index is 10.9. The van der Waals surface area contributed by atoms with Crippen LogP contribution in [0.2, 0.25) is 0 Å². The summed E-state index contributed by atoms with van der Waals surface area (Å²) in [5.41, 5.74) is 9.09. The van der Waals surface area contributed by atoms with Gasteiger partial charge in [0, 0.05) is 29.4 Å². The molecule has 1 heterocycles. The van der Waals surface area contributed by atoms with Gasteiger partial charge < -0.3 is 5.73 Å². The van der Waals surface area contributed by atoms with E-state index in [1.165, 1.54) is 6.07 Å². The van der Waals surface area contributed by atoms with Gasteiger partial charge in [0.1, 0.15) is 0 Å². The molecule has 6 nitrogen and oxygen atoms in total. The Morgan fingerprint density at radius 3 is 3.05 bits per heavy atom. The number of non-ortho nitro benzene ring substituents is 1. The average molecular weight is 272 g/mol. The van der Waals surface area contributed by atoms with Crippen molar-refractivity contribution in [2.45, 2.75) is 31.7 Å². The zero-order valence-electron chi connectivity index (χ0n) is 11.0. The van der Waals surface area contributed by atoms with Crippen molar-refractivity contribution in [1.82, 2.24) is 9.78 Å². The Bertz CT molecular complexity index is 650. The van der Waals surface area contributed by atoms with E-state index >= 15 is 0 Å². The first-order valence-electron chi connectivity index (χ1n) is 6.74. The Morgan fingerprint density at radius 1 is 1.40 bits per heavy atom. The van der Waals surface area contributed by atoms with Crippen molar-refractivity contribution in [2.24, 2.45) is 5.73 Å². The zero-order chi connectivity index (χ0) is 14.1. The second-order valence-corrected chi connectivity index (χ2v) is 5.09. The molecular formula is C14H16N4O2. The maximum atomic E-state index is 10.9. The number of benzene rings is 1. The van der Waals surface area contributed by atoms with Crippen molar-refractivity contribution < 1.29 is 4.92 Å². The Morgan fingerprint density at radius 2 is 2.25 bits per heavy atom. The van der Waals surface area contributed by atoms with Gasteiger partial charge in [-0.25, -0.2) is 4.68 Å². The average Bonchev–Trinajstić information content (AvgIpc) is 2.79. The molecule has 0 aliphatic heterocycles. The third kappa shape index (κ3) is 2.18. The standard InChI is InChI=1S/C14H16N4O2/c15-13-6-1-2-7-14-12(13)9-16-17(14)10-4-3-5-11(8-10)18(19)20/h3-5,8-9,13H,1-2,6-7,15H2. The topological polar surface area (TPSA) is 87.0 Å². The zero-order valence-corrected chi connectivity index (χ0v) is 11.0. The van der Waals surface area contributed by atoms with Gasteiger partial charge in [0.2, 0.25) is 0 Å². The molecule has 1 unspecified atom stereocenters. The van der Waals surface area contributed by atoms with Gasteiger partial charge in [-0.15, -0.1) is 0 Å². The van der Waals surface area contributed by atoms with Gasteiger partial charge in [-0.1, -0.05) is 12.5 Å². The van der Waals surface area contributed by atoms with E-state index in [1.807, 2.05) is 6.07 Å². The van der Waals surface area contributed by atoms with E-state index in [9.17, 15) is 10.1 Å². The van der Waals surface area contributed by atoms with Crippen LogP contribution in [0, 0.1) is 10.1 Å². The number of hydrogen-bond donors (Lipinski definition) is 1. The monoisotopic (exact) mass is 272 g/mol. The smallest absolute Gasteiger partial charge is 0.271 e. The first-order valence-corrected chi connectivity index (χ1v) is 6.74. The summed E-state index contributed by atoms with van der Waals surface area (Å²) < 4.78 is 1.79. The van der Waals surface area contributed by atoms with Gasteiger partial charge in [-0.3, -0.25) is 10.1 Å². The molecule has 20 heavy (non-hydrogen) atoms. The van der Waals surface area contributed by atoms with Crippen molar-refractivity contribution in [1.29, 1.82) is 0 Å². The Hall–Kier alpha value is -2.21. The lowest BCUT2D eigenvalue weighted by molar-refractivity contribution is -0.384. The van der Waals surface area contributed by atoms with Crippen LogP contribution < -0.4 is 5.73 Å². The van der Waals surface area contributed by atoms with Crippen molar-refractivity contribution in [2.75, 3.05) is 0 Å². The lowest BCUT2D eigenvalue weighted by atomic mass is 10.1. The molecule has 1 aromatic carbocycles. The molecule has 2 N–H and O–H groups in total. The fourth-order valence-electron chi connectivity index (χ4n) is 2.72. The largest absolute Gasteiger partial charge is 0.324 e. The van der Waals surface area contributed by atoms with Gasteiger partial charge in [-0.2, -0.15) is 5.10 Å².